The molecule has 3 aliphatic carbocycles. The van der Waals surface area contributed by atoms with Gasteiger partial charge in [-0.3, -0.25) is 14.4 Å². The van der Waals surface area contributed by atoms with Crippen LogP contribution in [0.3, 0.4) is 0 Å². The first-order chi connectivity index (χ1) is 18.7. The fourth-order valence-electron chi connectivity index (χ4n) is 7.98. The highest BCUT2D eigenvalue weighted by Gasteiger charge is 2.77. The maximum atomic E-state index is 14.5. The molecule has 5 rings (SSSR count). The van der Waals surface area contributed by atoms with Gasteiger partial charge in [-0.2, -0.15) is 0 Å². The monoisotopic (exact) mass is 554 g/mol. The van der Waals surface area contributed by atoms with Crippen LogP contribution >= 0.6 is 0 Å². The summed E-state index contributed by atoms with van der Waals surface area (Å²) in [6.07, 6.45) is -2.35. The van der Waals surface area contributed by atoms with E-state index in [2.05, 4.69) is 0 Å². The van der Waals surface area contributed by atoms with Crippen LogP contribution in [0.2, 0.25) is 0 Å². The Labute approximate surface area is 234 Å². The molecule has 1 aromatic rings. The van der Waals surface area contributed by atoms with Crippen molar-refractivity contribution in [2.24, 2.45) is 22.7 Å². The predicted octanol–water partition coefficient (Wildman–Crippen LogP) is 3.22. The summed E-state index contributed by atoms with van der Waals surface area (Å²) in [4.78, 5) is 54.9. The van der Waals surface area contributed by atoms with Gasteiger partial charge in [-0.05, 0) is 37.0 Å². The second-order valence-corrected chi connectivity index (χ2v) is 12.6. The minimum absolute atomic E-state index is 0.0112. The molecule has 2 bridgehead atoms. The Morgan fingerprint density at radius 3 is 2.30 bits per heavy atom. The molecular formula is C31H38O9. The molecule has 0 aromatic heterocycles. The fraction of sp³-hybridized carbons (Fsp3) is 0.613. The number of methoxy groups -OCH3 is 1. The standard InChI is InChI=1S/C31H38O9/c1-16-13-21-30(15-38-21,40-18(3)32)24-26(39-27(35)19-11-9-8-10-12-19)31(36)14-20(37-7)17(2)22(28(31,4)5)23(33)25(34)29(16,24)6/h8-12,16,20-21,24,26,36H,13-15H2,1-7H3/t16-,20-,21+,24-,26-,29+,30-,31+/m0/s1. The van der Waals surface area contributed by atoms with E-state index >= 15 is 0 Å². The molecule has 9 heteroatoms. The second-order valence-electron chi connectivity index (χ2n) is 12.6. The molecule has 0 unspecified atom stereocenters. The molecule has 216 valence electrons. The zero-order valence-electron chi connectivity index (χ0n) is 24.1. The van der Waals surface area contributed by atoms with Gasteiger partial charge in [-0.15, -0.1) is 0 Å². The number of rotatable bonds is 4. The summed E-state index contributed by atoms with van der Waals surface area (Å²) < 4.78 is 23.9. The van der Waals surface area contributed by atoms with Crippen molar-refractivity contribution in [2.75, 3.05) is 13.7 Å². The first kappa shape index (κ1) is 28.6. The third-order valence-corrected chi connectivity index (χ3v) is 10.5. The number of ketones is 2. The van der Waals surface area contributed by atoms with E-state index in [0.29, 0.717) is 12.0 Å². The molecule has 1 aromatic carbocycles. The zero-order valence-corrected chi connectivity index (χ0v) is 24.1. The van der Waals surface area contributed by atoms with Crippen LogP contribution in [0.1, 0.15) is 64.7 Å². The van der Waals surface area contributed by atoms with Crippen molar-refractivity contribution in [3.8, 4) is 0 Å². The predicted molar refractivity (Wildman–Crippen MR) is 142 cm³/mol. The van der Waals surface area contributed by atoms with Gasteiger partial charge in [0.2, 0.25) is 11.6 Å². The highest BCUT2D eigenvalue weighted by Crippen LogP contribution is 2.64. The first-order valence-corrected chi connectivity index (χ1v) is 13.8. The molecule has 0 radical (unpaired) electrons. The van der Waals surface area contributed by atoms with Crippen LogP contribution in [0, 0.1) is 22.7 Å². The van der Waals surface area contributed by atoms with Crippen LogP contribution in [0.4, 0.5) is 0 Å². The van der Waals surface area contributed by atoms with Crippen molar-refractivity contribution < 1.29 is 43.2 Å². The van der Waals surface area contributed by atoms with Gasteiger partial charge in [0.1, 0.15) is 17.8 Å². The van der Waals surface area contributed by atoms with Crippen molar-refractivity contribution in [1.29, 1.82) is 0 Å². The van der Waals surface area contributed by atoms with Gasteiger partial charge in [0.15, 0.2) is 5.60 Å². The molecule has 1 heterocycles. The van der Waals surface area contributed by atoms with Crippen LogP contribution < -0.4 is 0 Å². The van der Waals surface area contributed by atoms with E-state index < -0.39 is 75.7 Å². The highest BCUT2D eigenvalue weighted by molar-refractivity contribution is 6.46. The summed E-state index contributed by atoms with van der Waals surface area (Å²) in [5.74, 6) is -4.18. The number of carbonyl (C=O) groups is 4. The average molecular weight is 555 g/mol. The van der Waals surface area contributed by atoms with Gasteiger partial charge in [0, 0.05) is 36.9 Å². The Balaban J connectivity index is 1.83. The lowest BCUT2D eigenvalue weighted by Gasteiger charge is -2.67. The largest absolute Gasteiger partial charge is 0.455 e. The third-order valence-electron chi connectivity index (χ3n) is 10.5. The number of benzene rings is 1. The summed E-state index contributed by atoms with van der Waals surface area (Å²) in [6.45, 7) is 9.85. The van der Waals surface area contributed by atoms with Crippen molar-refractivity contribution >= 4 is 23.5 Å². The van der Waals surface area contributed by atoms with Crippen LogP contribution in [-0.4, -0.2) is 71.8 Å². The van der Waals surface area contributed by atoms with Gasteiger partial charge >= 0.3 is 11.9 Å². The van der Waals surface area contributed by atoms with Gasteiger partial charge in [-0.1, -0.05) is 45.9 Å². The number of hydrogen-bond acceptors (Lipinski definition) is 9. The first-order valence-electron chi connectivity index (χ1n) is 13.8. The Kier molecular flexibility index (Phi) is 6.68. The van der Waals surface area contributed by atoms with E-state index in [9.17, 15) is 24.3 Å². The Bertz CT molecular complexity index is 1300. The van der Waals surface area contributed by atoms with Crippen molar-refractivity contribution in [1.82, 2.24) is 0 Å². The van der Waals surface area contributed by atoms with E-state index in [0.717, 1.165) is 0 Å². The van der Waals surface area contributed by atoms with Crippen LogP contribution in [0.5, 0.6) is 0 Å². The molecule has 40 heavy (non-hydrogen) atoms. The topological polar surface area (TPSA) is 125 Å². The Morgan fingerprint density at radius 1 is 1.10 bits per heavy atom. The normalized spacial score (nSPS) is 40.1. The number of aliphatic hydroxyl groups is 1. The molecule has 0 amide bonds. The van der Waals surface area contributed by atoms with E-state index in [1.807, 2.05) is 6.92 Å². The molecule has 4 aliphatic rings. The maximum Gasteiger partial charge on any atom is 0.338 e. The summed E-state index contributed by atoms with van der Waals surface area (Å²) in [5, 5.41) is 12.9. The molecule has 1 N–H and O–H groups in total. The second kappa shape index (κ2) is 9.33. The lowest BCUT2D eigenvalue weighted by atomic mass is 9.43. The number of carbonyl (C=O) groups excluding carboxylic acids is 4. The maximum absolute atomic E-state index is 14.5. The van der Waals surface area contributed by atoms with E-state index in [1.54, 1.807) is 58.0 Å². The third kappa shape index (κ3) is 3.63. The summed E-state index contributed by atoms with van der Waals surface area (Å²) >= 11 is 0. The molecule has 8 atom stereocenters. The summed E-state index contributed by atoms with van der Waals surface area (Å²) in [5.41, 5.74) is -5.09. The van der Waals surface area contributed by atoms with E-state index in [4.69, 9.17) is 18.9 Å². The van der Waals surface area contributed by atoms with Gasteiger partial charge in [-0.25, -0.2) is 4.79 Å². The minimum Gasteiger partial charge on any atom is -0.455 e. The minimum atomic E-state index is -1.89. The number of ether oxygens (including phenoxy) is 4. The van der Waals surface area contributed by atoms with Crippen LogP contribution in [-0.2, 0) is 33.3 Å². The lowest BCUT2D eigenvalue weighted by Crippen LogP contribution is -2.80. The summed E-state index contributed by atoms with van der Waals surface area (Å²) in [7, 11) is 1.47. The SMILES string of the molecule is CO[C@H]1C[C@@]2(O)[C@@H](OC(=O)c3ccccc3)[C@@H]3[C@]4(OC(C)=O)CO[C@@H]4C[C@H](C)[C@@]3(C)C(=O)C(=O)C(=C1C)C2(C)C. The molecule has 9 nitrogen and oxygen atoms in total. The molecule has 1 aliphatic heterocycles. The zero-order chi connectivity index (χ0) is 29.4. The van der Waals surface area contributed by atoms with Crippen LogP contribution in [0.15, 0.2) is 41.5 Å². The van der Waals surface area contributed by atoms with Gasteiger partial charge < -0.3 is 24.1 Å². The Morgan fingerprint density at radius 2 is 1.75 bits per heavy atom. The molecule has 2 saturated carbocycles. The number of hydrogen-bond donors (Lipinski definition) is 1. The quantitative estimate of drug-likeness (QED) is 0.441. The van der Waals surface area contributed by atoms with Crippen LogP contribution in [0.25, 0.3) is 0 Å². The molecule has 3 fully saturated rings. The highest BCUT2D eigenvalue weighted by atomic mass is 16.6. The number of esters is 2. The van der Waals surface area contributed by atoms with Crippen molar-refractivity contribution in [3.63, 3.8) is 0 Å². The van der Waals surface area contributed by atoms with Crippen molar-refractivity contribution in [2.45, 2.75) is 83.9 Å². The number of fused-ring (bicyclic) bond motifs is 5. The van der Waals surface area contributed by atoms with E-state index in [1.165, 1.54) is 14.0 Å². The molecular weight excluding hydrogens is 516 g/mol. The number of Topliss-reactive ketones (excluding diaryl/α,β-unsaturated/α-hetero) is 2. The van der Waals surface area contributed by atoms with Crippen molar-refractivity contribution in [3.05, 3.63) is 47.0 Å². The van der Waals surface area contributed by atoms with Gasteiger partial charge in [0.05, 0.1) is 24.2 Å². The molecule has 0 spiro atoms. The van der Waals surface area contributed by atoms with E-state index in [-0.39, 0.29) is 24.2 Å². The lowest BCUT2D eigenvalue weighted by molar-refractivity contribution is -0.338. The fourth-order valence-corrected chi connectivity index (χ4v) is 7.98. The van der Waals surface area contributed by atoms with Gasteiger partial charge in [0.25, 0.3) is 0 Å². The smallest absolute Gasteiger partial charge is 0.338 e. The Hall–Kier alpha value is -2.88. The average Bonchev–Trinajstić information content (AvgIpc) is 2.90. The molecule has 1 saturated heterocycles. The summed E-state index contributed by atoms with van der Waals surface area (Å²) in [6, 6.07) is 8.37.